The van der Waals surface area contributed by atoms with Crippen molar-refractivity contribution >= 4 is 22.1 Å². The van der Waals surface area contributed by atoms with Gasteiger partial charge in [-0.3, -0.25) is 13.5 Å². The molecule has 1 fully saturated rings. The first-order chi connectivity index (χ1) is 15.1. The zero-order valence-electron chi connectivity index (χ0n) is 17.2. The number of nitrogens with zero attached hydrogens (tertiary/aromatic N) is 4. The van der Waals surface area contributed by atoms with Gasteiger partial charge in [-0.25, -0.2) is 14.2 Å². The molecule has 5 rings (SSSR count). The summed E-state index contributed by atoms with van der Waals surface area (Å²) in [5, 5.41) is 0. The van der Waals surface area contributed by atoms with Crippen LogP contribution in [-0.2, 0) is 19.6 Å². The number of hydrogen-bond acceptors (Lipinski definition) is 3. The molecular weight excluding hydrogens is 400 g/mol. The highest BCUT2D eigenvalue weighted by Crippen LogP contribution is 2.36. The molecule has 0 spiro atoms. The van der Waals surface area contributed by atoms with Crippen molar-refractivity contribution in [2.24, 2.45) is 5.73 Å². The van der Waals surface area contributed by atoms with Crippen molar-refractivity contribution in [1.82, 2.24) is 18.7 Å². The van der Waals surface area contributed by atoms with Crippen molar-refractivity contribution in [3.63, 3.8) is 0 Å². The van der Waals surface area contributed by atoms with E-state index in [9.17, 15) is 13.6 Å². The number of fused-ring (bicyclic) bond motifs is 2. The molecule has 0 aliphatic heterocycles. The molecule has 0 unspecified atom stereocenters. The minimum atomic E-state index is -0.377. The highest BCUT2D eigenvalue weighted by atomic mass is 19.1. The second kappa shape index (κ2) is 7.92. The number of rotatable bonds is 8. The van der Waals surface area contributed by atoms with Gasteiger partial charge < -0.3 is 10.3 Å². The van der Waals surface area contributed by atoms with E-state index in [-0.39, 0.29) is 30.8 Å². The number of alkyl halides is 1. The molecule has 0 amide bonds. The molecule has 4 aromatic rings. The van der Waals surface area contributed by atoms with E-state index >= 15 is 0 Å². The lowest BCUT2D eigenvalue weighted by Crippen LogP contribution is -2.25. The average Bonchev–Trinajstić information content (AvgIpc) is 3.49. The van der Waals surface area contributed by atoms with Crippen LogP contribution in [-0.4, -0.2) is 25.4 Å². The van der Waals surface area contributed by atoms with E-state index in [2.05, 4.69) is 0 Å². The van der Waals surface area contributed by atoms with Crippen molar-refractivity contribution in [2.75, 3.05) is 6.67 Å². The van der Waals surface area contributed by atoms with Crippen molar-refractivity contribution in [3.8, 4) is 0 Å². The van der Waals surface area contributed by atoms with Gasteiger partial charge in [0.1, 0.15) is 11.6 Å². The van der Waals surface area contributed by atoms with Gasteiger partial charge in [0, 0.05) is 19.1 Å². The first-order valence-corrected chi connectivity index (χ1v) is 10.7. The zero-order valence-corrected chi connectivity index (χ0v) is 17.2. The number of imidazole rings is 2. The number of aryl methyl sites for hydroxylation is 1. The Balaban J connectivity index is 1.64. The topological polar surface area (TPSA) is 70.8 Å². The highest BCUT2D eigenvalue weighted by molar-refractivity contribution is 5.78. The highest BCUT2D eigenvalue weighted by Gasteiger charge is 2.29. The summed E-state index contributed by atoms with van der Waals surface area (Å²) in [6.07, 6.45) is 3.05. The Labute approximate surface area is 177 Å². The van der Waals surface area contributed by atoms with Gasteiger partial charge in [-0.05, 0) is 61.6 Å². The molecule has 1 aliphatic rings. The van der Waals surface area contributed by atoms with Gasteiger partial charge >= 0.3 is 5.69 Å². The minimum Gasteiger partial charge on any atom is -0.326 e. The second-order valence-corrected chi connectivity index (χ2v) is 8.21. The minimum absolute atomic E-state index is 0.145. The van der Waals surface area contributed by atoms with Crippen LogP contribution >= 0.6 is 0 Å². The lowest BCUT2D eigenvalue weighted by molar-refractivity contribution is 0.446. The Kier molecular flexibility index (Phi) is 5.09. The Hall–Kier alpha value is -3.00. The number of nitrogens with two attached hydrogens (primary N) is 1. The summed E-state index contributed by atoms with van der Waals surface area (Å²) < 4.78 is 32.2. The number of halogens is 2. The standard InChI is InChI=1S/C23H25F2N5O/c24-9-1-2-10-28-19-7-3-15(13-26)11-18(19)27-22(28)14-29-21-12-16(25)4-8-20(21)30(23(29)31)17-5-6-17/h3-4,7-8,11-12,17H,1-2,5-6,9-10,13-14,26H2. The van der Waals surface area contributed by atoms with Crippen LogP contribution < -0.4 is 11.4 Å². The third-order valence-electron chi connectivity index (χ3n) is 6.03. The molecule has 31 heavy (non-hydrogen) atoms. The molecule has 6 nitrogen and oxygen atoms in total. The predicted octanol–water partition coefficient (Wildman–Crippen LogP) is 3.88. The Morgan fingerprint density at radius 2 is 1.84 bits per heavy atom. The van der Waals surface area contributed by atoms with Gasteiger partial charge in [0.25, 0.3) is 0 Å². The second-order valence-electron chi connectivity index (χ2n) is 8.21. The summed E-state index contributed by atoms with van der Waals surface area (Å²) >= 11 is 0. The van der Waals surface area contributed by atoms with Crippen LogP contribution in [0.4, 0.5) is 8.78 Å². The molecule has 1 aliphatic carbocycles. The maximum absolute atomic E-state index is 14.1. The van der Waals surface area contributed by atoms with E-state index < -0.39 is 0 Å². The lowest BCUT2D eigenvalue weighted by atomic mass is 10.2. The molecule has 0 saturated heterocycles. The van der Waals surface area contributed by atoms with Crippen LogP contribution in [0.25, 0.3) is 22.1 Å². The van der Waals surface area contributed by atoms with Crippen LogP contribution in [0.15, 0.2) is 41.2 Å². The molecule has 2 aromatic heterocycles. The summed E-state index contributed by atoms with van der Waals surface area (Å²) in [6, 6.07) is 10.5. The quantitative estimate of drug-likeness (QED) is 0.436. The SMILES string of the molecule is NCc1ccc2c(c1)nc(Cn1c(=O)n(C3CC3)c3ccc(F)cc31)n2CCCCF. The fraction of sp³-hybridized carbons (Fsp3) is 0.391. The third kappa shape index (κ3) is 3.54. The van der Waals surface area contributed by atoms with E-state index in [4.69, 9.17) is 10.7 Å². The largest absolute Gasteiger partial charge is 0.329 e. The molecule has 0 atom stereocenters. The average molecular weight is 425 g/mol. The maximum atomic E-state index is 14.1. The van der Waals surface area contributed by atoms with Gasteiger partial charge in [0.2, 0.25) is 0 Å². The van der Waals surface area contributed by atoms with E-state index in [0.29, 0.717) is 37.3 Å². The van der Waals surface area contributed by atoms with Crippen LogP contribution in [0.3, 0.4) is 0 Å². The lowest BCUT2D eigenvalue weighted by Gasteiger charge is -2.10. The fourth-order valence-corrected chi connectivity index (χ4v) is 4.32. The van der Waals surface area contributed by atoms with Gasteiger partial charge in [-0.1, -0.05) is 6.07 Å². The summed E-state index contributed by atoms with van der Waals surface area (Å²) in [4.78, 5) is 18.1. The fourth-order valence-electron chi connectivity index (χ4n) is 4.32. The zero-order chi connectivity index (χ0) is 21.5. The van der Waals surface area contributed by atoms with Gasteiger partial charge in [0.05, 0.1) is 35.3 Å². The Morgan fingerprint density at radius 1 is 1.03 bits per heavy atom. The smallest absolute Gasteiger partial charge is 0.326 e. The number of hydrogen-bond donors (Lipinski definition) is 1. The number of unbranched alkanes of at least 4 members (excludes halogenated alkanes) is 1. The van der Waals surface area contributed by atoms with Gasteiger partial charge in [0.15, 0.2) is 0 Å². The van der Waals surface area contributed by atoms with Crippen LogP contribution in [0.2, 0.25) is 0 Å². The first-order valence-electron chi connectivity index (χ1n) is 10.7. The number of benzene rings is 2. The van der Waals surface area contributed by atoms with Crippen molar-refractivity contribution < 1.29 is 8.78 Å². The van der Waals surface area contributed by atoms with Crippen LogP contribution in [0, 0.1) is 5.82 Å². The summed E-state index contributed by atoms with van der Waals surface area (Å²) in [5.41, 5.74) is 9.65. The Morgan fingerprint density at radius 3 is 2.58 bits per heavy atom. The van der Waals surface area contributed by atoms with Crippen LogP contribution in [0.5, 0.6) is 0 Å². The maximum Gasteiger partial charge on any atom is 0.329 e. The molecule has 2 aromatic carbocycles. The summed E-state index contributed by atoms with van der Waals surface area (Å²) in [6.45, 7) is 0.864. The molecule has 8 heteroatoms. The Bertz CT molecular complexity index is 1320. The number of aromatic nitrogens is 4. The summed E-state index contributed by atoms with van der Waals surface area (Å²) in [5.74, 6) is 0.322. The molecular formula is C23H25F2N5O. The van der Waals surface area contributed by atoms with Crippen molar-refractivity contribution in [3.05, 3.63) is 64.1 Å². The van der Waals surface area contributed by atoms with Crippen molar-refractivity contribution in [2.45, 2.75) is 51.4 Å². The van der Waals surface area contributed by atoms with Gasteiger partial charge in [-0.2, -0.15) is 0 Å². The monoisotopic (exact) mass is 425 g/mol. The van der Waals surface area contributed by atoms with Crippen molar-refractivity contribution in [1.29, 1.82) is 0 Å². The molecule has 2 heterocycles. The molecule has 2 N–H and O–H groups in total. The van der Waals surface area contributed by atoms with Crippen LogP contribution in [0.1, 0.15) is 43.1 Å². The summed E-state index contributed by atoms with van der Waals surface area (Å²) in [7, 11) is 0. The predicted molar refractivity (Wildman–Crippen MR) is 116 cm³/mol. The third-order valence-corrected chi connectivity index (χ3v) is 6.03. The van der Waals surface area contributed by atoms with E-state index in [1.54, 1.807) is 15.2 Å². The first kappa shape index (κ1) is 19.9. The van der Waals surface area contributed by atoms with E-state index in [0.717, 1.165) is 35.0 Å². The molecule has 0 radical (unpaired) electrons. The molecule has 0 bridgehead atoms. The normalized spacial score (nSPS) is 14.2. The van der Waals surface area contributed by atoms with E-state index in [1.807, 2.05) is 22.8 Å². The van der Waals surface area contributed by atoms with Gasteiger partial charge in [-0.15, -0.1) is 0 Å². The van der Waals surface area contributed by atoms with E-state index in [1.165, 1.54) is 12.1 Å². The molecule has 162 valence electrons. The molecule has 1 saturated carbocycles.